The molecule has 2 nitrogen and oxygen atoms in total. The molecular weight excluding hydrogens is 267 g/mol. The largest absolute Gasteiger partial charge is 0.382 e. The summed E-state index contributed by atoms with van der Waals surface area (Å²) in [7, 11) is 0. The number of hydrogen-bond acceptors (Lipinski definition) is 2. The number of rotatable bonds is 3. The Labute approximate surface area is 119 Å². The van der Waals surface area contributed by atoms with Gasteiger partial charge in [0.05, 0.1) is 0 Å². The Kier molecular flexibility index (Phi) is 4.77. The first-order chi connectivity index (χ1) is 8.54. The van der Waals surface area contributed by atoms with Crippen molar-refractivity contribution in [1.29, 1.82) is 0 Å². The molecule has 1 fully saturated rings. The number of halogens is 2. The lowest BCUT2D eigenvalue weighted by atomic mass is 10.0. The van der Waals surface area contributed by atoms with Crippen molar-refractivity contribution >= 4 is 28.9 Å². The molecule has 4 heteroatoms. The summed E-state index contributed by atoms with van der Waals surface area (Å²) >= 11 is 12.0. The lowest BCUT2D eigenvalue weighted by Gasteiger charge is -2.35. The van der Waals surface area contributed by atoms with Gasteiger partial charge in [0.1, 0.15) is 0 Å². The number of nitrogens with zero attached hydrogens (tertiary/aromatic N) is 1. The molecule has 0 amide bonds. The van der Waals surface area contributed by atoms with E-state index in [9.17, 15) is 0 Å². The van der Waals surface area contributed by atoms with Crippen molar-refractivity contribution < 1.29 is 0 Å². The Morgan fingerprint density at radius 3 is 2.17 bits per heavy atom. The molecular formula is C14H20Cl2N2. The van der Waals surface area contributed by atoms with Gasteiger partial charge in [0.25, 0.3) is 0 Å². The fourth-order valence-electron chi connectivity index (χ4n) is 2.43. The van der Waals surface area contributed by atoms with Gasteiger partial charge in [-0.15, -0.1) is 0 Å². The van der Waals surface area contributed by atoms with Gasteiger partial charge in [-0.2, -0.15) is 0 Å². The molecule has 2 rings (SSSR count). The predicted octanol–water partition coefficient (Wildman–Crippen LogP) is 4.28. The molecule has 1 aromatic carbocycles. The minimum absolute atomic E-state index is 0.523. The van der Waals surface area contributed by atoms with E-state index >= 15 is 0 Å². The zero-order chi connectivity index (χ0) is 13.1. The van der Waals surface area contributed by atoms with Gasteiger partial charge in [-0.25, -0.2) is 0 Å². The minimum Gasteiger partial charge on any atom is -0.382 e. The highest BCUT2D eigenvalue weighted by molar-refractivity contribution is 6.35. The summed E-state index contributed by atoms with van der Waals surface area (Å²) < 4.78 is 0. The van der Waals surface area contributed by atoms with Crippen LogP contribution in [0.1, 0.15) is 26.7 Å². The molecule has 0 spiro atoms. The van der Waals surface area contributed by atoms with Crippen molar-refractivity contribution in [1.82, 2.24) is 4.90 Å². The highest BCUT2D eigenvalue weighted by atomic mass is 35.5. The maximum Gasteiger partial charge on any atom is 0.0441 e. The first kappa shape index (κ1) is 14.0. The van der Waals surface area contributed by atoms with Crippen LogP contribution in [0, 0.1) is 0 Å². The second-order valence-corrected chi connectivity index (χ2v) is 6.08. The van der Waals surface area contributed by atoms with Gasteiger partial charge in [0, 0.05) is 40.9 Å². The van der Waals surface area contributed by atoms with Crippen LogP contribution in [0.2, 0.25) is 10.0 Å². The van der Waals surface area contributed by atoms with Gasteiger partial charge < -0.3 is 10.2 Å². The SMILES string of the molecule is CC(C)N1CCC(Nc2cc(Cl)cc(Cl)c2)CC1. The zero-order valence-corrected chi connectivity index (χ0v) is 12.4. The predicted molar refractivity (Wildman–Crippen MR) is 79.8 cm³/mol. The number of piperidine rings is 1. The van der Waals surface area contributed by atoms with Crippen LogP contribution in [0.25, 0.3) is 0 Å². The summed E-state index contributed by atoms with van der Waals surface area (Å²) in [4.78, 5) is 2.52. The maximum atomic E-state index is 6.00. The Morgan fingerprint density at radius 1 is 1.11 bits per heavy atom. The number of benzene rings is 1. The monoisotopic (exact) mass is 286 g/mol. The van der Waals surface area contributed by atoms with Gasteiger partial charge in [-0.1, -0.05) is 23.2 Å². The normalized spacial score (nSPS) is 18.3. The van der Waals surface area contributed by atoms with E-state index in [1.54, 1.807) is 6.07 Å². The standard InChI is InChI=1S/C14H20Cl2N2/c1-10(2)18-5-3-13(4-6-18)17-14-8-11(15)7-12(16)9-14/h7-10,13,17H,3-6H2,1-2H3. The van der Waals surface area contributed by atoms with E-state index in [0.717, 1.165) is 18.8 Å². The summed E-state index contributed by atoms with van der Waals surface area (Å²) in [6.45, 7) is 6.82. The van der Waals surface area contributed by atoms with Gasteiger partial charge in [0.2, 0.25) is 0 Å². The molecule has 1 heterocycles. The highest BCUT2D eigenvalue weighted by Crippen LogP contribution is 2.25. The van der Waals surface area contributed by atoms with Crippen molar-refractivity contribution in [2.75, 3.05) is 18.4 Å². The average molecular weight is 287 g/mol. The third-order valence-corrected chi connectivity index (χ3v) is 3.93. The van der Waals surface area contributed by atoms with Crippen LogP contribution >= 0.6 is 23.2 Å². The Morgan fingerprint density at radius 2 is 1.67 bits per heavy atom. The molecule has 0 atom stereocenters. The van der Waals surface area contributed by atoms with Gasteiger partial charge >= 0.3 is 0 Å². The van der Waals surface area contributed by atoms with Crippen molar-refractivity contribution in [2.45, 2.75) is 38.8 Å². The van der Waals surface area contributed by atoms with Crippen molar-refractivity contribution in [3.8, 4) is 0 Å². The lowest BCUT2D eigenvalue weighted by Crippen LogP contribution is -2.42. The molecule has 0 bridgehead atoms. The van der Waals surface area contributed by atoms with Crippen LogP contribution in [0.3, 0.4) is 0 Å². The van der Waals surface area contributed by atoms with Gasteiger partial charge in [-0.05, 0) is 44.9 Å². The summed E-state index contributed by atoms with van der Waals surface area (Å²) in [5.41, 5.74) is 1.02. The Balaban J connectivity index is 1.91. The molecule has 0 saturated carbocycles. The van der Waals surface area contributed by atoms with E-state index in [1.165, 1.54) is 12.8 Å². The summed E-state index contributed by atoms with van der Waals surface area (Å²) in [6.07, 6.45) is 2.34. The Bertz CT molecular complexity index is 379. The molecule has 100 valence electrons. The van der Waals surface area contributed by atoms with Gasteiger partial charge in [0.15, 0.2) is 0 Å². The van der Waals surface area contributed by atoms with Gasteiger partial charge in [-0.3, -0.25) is 0 Å². The fraction of sp³-hybridized carbons (Fsp3) is 0.571. The number of nitrogens with one attached hydrogen (secondary N) is 1. The topological polar surface area (TPSA) is 15.3 Å². The summed E-state index contributed by atoms with van der Waals surface area (Å²) in [5, 5.41) is 4.90. The summed E-state index contributed by atoms with van der Waals surface area (Å²) in [5.74, 6) is 0. The quantitative estimate of drug-likeness (QED) is 0.892. The zero-order valence-electron chi connectivity index (χ0n) is 10.9. The number of hydrogen-bond donors (Lipinski definition) is 1. The molecule has 1 aliphatic heterocycles. The molecule has 0 aromatic heterocycles. The minimum atomic E-state index is 0.523. The molecule has 18 heavy (non-hydrogen) atoms. The third-order valence-electron chi connectivity index (χ3n) is 3.49. The van der Waals surface area contributed by atoms with E-state index < -0.39 is 0 Å². The number of likely N-dealkylation sites (tertiary alicyclic amines) is 1. The highest BCUT2D eigenvalue weighted by Gasteiger charge is 2.20. The molecule has 1 saturated heterocycles. The van der Waals surface area contributed by atoms with E-state index in [0.29, 0.717) is 22.1 Å². The maximum absolute atomic E-state index is 6.00. The van der Waals surface area contributed by atoms with E-state index in [1.807, 2.05) is 12.1 Å². The second kappa shape index (κ2) is 6.14. The second-order valence-electron chi connectivity index (χ2n) is 5.21. The fourth-order valence-corrected chi connectivity index (χ4v) is 2.96. The lowest BCUT2D eigenvalue weighted by molar-refractivity contribution is 0.177. The molecule has 1 aromatic rings. The van der Waals surface area contributed by atoms with Crippen molar-refractivity contribution in [3.63, 3.8) is 0 Å². The molecule has 1 aliphatic rings. The van der Waals surface area contributed by atoms with E-state index in [2.05, 4.69) is 24.1 Å². The molecule has 1 N–H and O–H groups in total. The van der Waals surface area contributed by atoms with E-state index in [4.69, 9.17) is 23.2 Å². The van der Waals surface area contributed by atoms with Crippen LogP contribution in [0.5, 0.6) is 0 Å². The Hall–Kier alpha value is -0.440. The first-order valence-electron chi connectivity index (χ1n) is 6.51. The van der Waals surface area contributed by atoms with Crippen LogP contribution in [0.15, 0.2) is 18.2 Å². The molecule has 0 aliphatic carbocycles. The summed E-state index contributed by atoms with van der Waals surface area (Å²) in [6, 6.07) is 6.79. The van der Waals surface area contributed by atoms with Crippen LogP contribution in [-0.2, 0) is 0 Å². The van der Waals surface area contributed by atoms with Crippen LogP contribution < -0.4 is 5.32 Å². The molecule has 0 radical (unpaired) electrons. The average Bonchev–Trinajstić information content (AvgIpc) is 2.28. The van der Waals surface area contributed by atoms with Crippen molar-refractivity contribution in [3.05, 3.63) is 28.2 Å². The smallest absolute Gasteiger partial charge is 0.0441 e. The number of anilines is 1. The van der Waals surface area contributed by atoms with Crippen LogP contribution in [-0.4, -0.2) is 30.1 Å². The van der Waals surface area contributed by atoms with Crippen LogP contribution in [0.4, 0.5) is 5.69 Å². The van der Waals surface area contributed by atoms with E-state index in [-0.39, 0.29) is 0 Å². The molecule has 0 unspecified atom stereocenters. The third kappa shape index (κ3) is 3.78. The first-order valence-corrected chi connectivity index (χ1v) is 7.27. The van der Waals surface area contributed by atoms with Crippen molar-refractivity contribution in [2.24, 2.45) is 0 Å².